The van der Waals surface area contributed by atoms with E-state index in [-0.39, 0.29) is 12.7 Å². The Hall–Kier alpha value is -3.15. The minimum Gasteiger partial charge on any atom is -0.475 e. The SMILES string of the molecule is CC(C)Oc1ccc(/C=C/C(=O)N2C(=O)OCC2c2ccccc2)cn1. The summed E-state index contributed by atoms with van der Waals surface area (Å²) in [6.45, 7) is 4.00. The van der Waals surface area contributed by atoms with Crippen molar-refractivity contribution >= 4 is 18.1 Å². The largest absolute Gasteiger partial charge is 0.475 e. The molecule has 26 heavy (non-hydrogen) atoms. The minimum atomic E-state index is -0.632. The number of pyridine rings is 1. The van der Waals surface area contributed by atoms with Gasteiger partial charge in [0.2, 0.25) is 5.88 Å². The van der Waals surface area contributed by atoms with E-state index in [1.54, 1.807) is 24.4 Å². The van der Waals surface area contributed by atoms with E-state index < -0.39 is 18.0 Å². The van der Waals surface area contributed by atoms with Gasteiger partial charge in [0.1, 0.15) is 12.6 Å². The monoisotopic (exact) mass is 352 g/mol. The van der Waals surface area contributed by atoms with Gasteiger partial charge in [0.15, 0.2) is 0 Å². The number of nitrogens with zero attached hydrogens (tertiary/aromatic N) is 2. The molecule has 2 heterocycles. The first kappa shape index (κ1) is 17.7. The van der Waals surface area contributed by atoms with Crippen molar-refractivity contribution in [2.24, 2.45) is 0 Å². The molecular weight excluding hydrogens is 332 g/mol. The van der Waals surface area contributed by atoms with E-state index in [4.69, 9.17) is 9.47 Å². The Morgan fingerprint density at radius 1 is 1.27 bits per heavy atom. The molecule has 2 aromatic rings. The number of rotatable bonds is 5. The van der Waals surface area contributed by atoms with Crippen molar-refractivity contribution in [2.45, 2.75) is 26.0 Å². The molecule has 1 fully saturated rings. The molecule has 0 spiro atoms. The summed E-state index contributed by atoms with van der Waals surface area (Å²) in [5.74, 6) is 0.0969. The molecule has 134 valence electrons. The maximum Gasteiger partial charge on any atom is 0.417 e. The molecule has 0 N–H and O–H groups in total. The summed E-state index contributed by atoms with van der Waals surface area (Å²) in [6.07, 6.45) is 3.98. The summed E-state index contributed by atoms with van der Waals surface area (Å²) >= 11 is 0. The highest BCUT2D eigenvalue weighted by Crippen LogP contribution is 2.28. The molecule has 1 unspecified atom stereocenters. The lowest BCUT2D eigenvalue weighted by atomic mass is 10.1. The third-order valence-electron chi connectivity index (χ3n) is 3.83. The zero-order chi connectivity index (χ0) is 18.5. The number of benzene rings is 1. The molecule has 1 aliphatic rings. The Morgan fingerprint density at radius 2 is 2.04 bits per heavy atom. The second-order valence-corrected chi connectivity index (χ2v) is 6.14. The van der Waals surface area contributed by atoms with E-state index in [9.17, 15) is 9.59 Å². The minimum absolute atomic E-state index is 0.0431. The number of hydrogen-bond donors (Lipinski definition) is 0. The van der Waals surface area contributed by atoms with Crippen LogP contribution in [-0.4, -0.2) is 34.6 Å². The van der Waals surface area contributed by atoms with E-state index in [1.165, 1.54) is 6.08 Å². The van der Waals surface area contributed by atoms with Crippen LogP contribution in [-0.2, 0) is 9.53 Å². The van der Waals surface area contributed by atoms with Crippen molar-refractivity contribution in [1.29, 1.82) is 0 Å². The van der Waals surface area contributed by atoms with Crippen molar-refractivity contribution in [3.63, 3.8) is 0 Å². The molecule has 1 aliphatic heterocycles. The smallest absolute Gasteiger partial charge is 0.417 e. The molecule has 2 amide bonds. The van der Waals surface area contributed by atoms with Gasteiger partial charge in [0.05, 0.1) is 6.10 Å². The molecule has 1 aromatic heterocycles. The molecule has 1 saturated heterocycles. The first-order valence-electron chi connectivity index (χ1n) is 8.40. The molecule has 3 rings (SSSR count). The van der Waals surface area contributed by atoms with Crippen LogP contribution in [0.25, 0.3) is 6.08 Å². The number of carbonyl (C=O) groups excluding carboxylic acids is 2. The van der Waals surface area contributed by atoms with Crippen LogP contribution in [0.3, 0.4) is 0 Å². The summed E-state index contributed by atoms with van der Waals surface area (Å²) in [4.78, 5) is 29.8. The number of carbonyl (C=O) groups is 2. The number of aromatic nitrogens is 1. The second kappa shape index (κ2) is 7.82. The lowest BCUT2D eigenvalue weighted by Gasteiger charge is -2.18. The summed E-state index contributed by atoms with van der Waals surface area (Å²) in [6, 6.07) is 12.5. The van der Waals surface area contributed by atoms with Gasteiger partial charge in [0.25, 0.3) is 5.91 Å². The van der Waals surface area contributed by atoms with E-state index in [0.29, 0.717) is 5.88 Å². The Morgan fingerprint density at radius 3 is 2.69 bits per heavy atom. The van der Waals surface area contributed by atoms with E-state index in [1.807, 2.05) is 44.2 Å². The van der Waals surface area contributed by atoms with Gasteiger partial charge in [-0.05, 0) is 37.1 Å². The van der Waals surface area contributed by atoms with Gasteiger partial charge < -0.3 is 9.47 Å². The van der Waals surface area contributed by atoms with E-state index in [2.05, 4.69) is 4.98 Å². The fraction of sp³-hybridized carbons (Fsp3) is 0.250. The summed E-state index contributed by atoms with van der Waals surface area (Å²) in [7, 11) is 0. The maximum absolute atomic E-state index is 12.5. The topological polar surface area (TPSA) is 68.7 Å². The number of amides is 2. The first-order chi connectivity index (χ1) is 12.5. The van der Waals surface area contributed by atoms with Gasteiger partial charge >= 0.3 is 6.09 Å². The van der Waals surface area contributed by atoms with Gasteiger partial charge in [-0.1, -0.05) is 30.3 Å². The van der Waals surface area contributed by atoms with Crippen molar-refractivity contribution in [2.75, 3.05) is 6.61 Å². The third-order valence-corrected chi connectivity index (χ3v) is 3.83. The van der Waals surface area contributed by atoms with Crippen molar-refractivity contribution in [3.05, 3.63) is 65.9 Å². The second-order valence-electron chi connectivity index (χ2n) is 6.14. The molecule has 0 radical (unpaired) electrons. The van der Waals surface area contributed by atoms with Crippen LogP contribution in [0.15, 0.2) is 54.7 Å². The first-order valence-corrected chi connectivity index (χ1v) is 8.40. The maximum atomic E-state index is 12.5. The highest BCUT2D eigenvalue weighted by atomic mass is 16.6. The quantitative estimate of drug-likeness (QED) is 0.769. The molecule has 0 saturated carbocycles. The standard InChI is InChI=1S/C20H20N2O4/c1-14(2)26-18-10-8-15(12-21-18)9-11-19(23)22-17(13-25-20(22)24)16-6-4-3-5-7-16/h3-12,14,17H,13H2,1-2H3/b11-9+. The Labute approximate surface area is 152 Å². The molecule has 6 heteroatoms. The van der Waals surface area contributed by atoms with Crippen LogP contribution in [0.1, 0.15) is 31.0 Å². The highest BCUT2D eigenvalue weighted by Gasteiger charge is 2.37. The fourth-order valence-electron chi connectivity index (χ4n) is 2.63. The third kappa shape index (κ3) is 4.08. The van der Waals surface area contributed by atoms with Crippen LogP contribution in [0.5, 0.6) is 5.88 Å². The zero-order valence-electron chi connectivity index (χ0n) is 14.7. The van der Waals surface area contributed by atoms with Gasteiger partial charge in [-0.2, -0.15) is 0 Å². The predicted molar refractivity (Wildman–Crippen MR) is 96.4 cm³/mol. The molecule has 6 nitrogen and oxygen atoms in total. The molecular formula is C20H20N2O4. The Kier molecular flexibility index (Phi) is 5.31. The summed E-state index contributed by atoms with van der Waals surface area (Å²) in [5, 5.41) is 0. The summed E-state index contributed by atoms with van der Waals surface area (Å²) in [5.41, 5.74) is 1.59. The average molecular weight is 352 g/mol. The van der Waals surface area contributed by atoms with Gasteiger partial charge in [-0.25, -0.2) is 14.7 Å². The average Bonchev–Trinajstić information content (AvgIpc) is 3.03. The highest BCUT2D eigenvalue weighted by molar-refractivity contribution is 6.02. The van der Waals surface area contributed by atoms with Crippen LogP contribution >= 0.6 is 0 Å². The molecule has 1 atom stereocenters. The lowest BCUT2D eigenvalue weighted by Crippen LogP contribution is -2.32. The number of imide groups is 1. The molecule has 1 aromatic carbocycles. The van der Waals surface area contributed by atoms with Gasteiger partial charge in [-0.15, -0.1) is 0 Å². The van der Waals surface area contributed by atoms with Crippen molar-refractivity contribution < 1.29 is 19.1 Å². The number of ether oxygens (including phenoxy) is 2. The van der Waals surface area contributed by atoms with E-state index in [0.717, 1.165) is 16.0 Å². The van der Waals surface area contributed by atoms with E-state index >= 15 is 0 Å². The van der Waals surface area contributed by atoms with Crippen LogP contribution in [0, 0.1) is 0 Å². The Bertz CT molecular complexity index is 800. The molecule has 0 bridgehead atoms. The van der Waals surface area contributed by atoms with Crippen LogP contribution in [0.2, 0.25) is 0 Å². The number of hydrogen-bond acceptors (Lipinski definition) is 5. The van der Waals surface area contributed by atoms with Crippen LogP contribution in [0.4, 0.5) is 4.79 Å². The lowest BCUT2D eigenvalue weighted by molar-refractivity contribution is -0.124. The zero-order valence-corrected chi connectivity index (χ0v) is 14.7. The Balaban J connectivity index is 1.71. The molecule has 0 aliphatic carbocycles. The summed E-state index contributed by atoms with van der Waals surface area (Å²) < 4.78 is 10.5. The number of cyclic esters (lactones) is 1. The van der Waals surface area contributed by atoms with Gasteiger partial charge in [-0.3, -0.25) is 4.79 Å². The van der Waals surface area contributed by atoms with Crippen LogP contribution < -0.4 is 4.74 Å². The van der Waals surface area contributed by atoms with Crippen molar-refractivity contribution in [3.8, 4) is 5.88 Å². The predicted octanol–water partition coefficient (Wildman–Crippen LogP) is 3.60. The normalized spacial score (nSPS) is 17.0. The van der Waals surface area contributed by atoms with Gasteiger partial charge in [0, 0.05) is 18.3 Å². The van der Waals surface area contributed by atoms with Crippen molar-refractivity contribution in [1.82, 2.24) is 9.88 Å². The fourth-order valence-corrected chi connectivity index (χ4v) is 2.63.